The summed E-state index contributed by atoms with van der Waals surface area (Å²) in [5, 5.41) is 2.65. The van der Waals surface area contributed by atoms with Crippen molar-refractivity contribution in [3.05, 3.63) is 28.8 Å². The number of rotatable bonds is 2. The minimum absolute atomic E-state index is 0. The Labute approximate surface area is 145 Å². The van der Waals surface area contributed by atoms with Crippen molar-refractivity contribution >= 4 is 29.9 Å². The lowest BCUT2D eigenvalue weighted by atomic mass is 9.84. The van der Waals surface area contributed by atoms with Crippen molar-refractivity contribution in [1.82, 2.24) is 5.32 Å². The van der Waals surface area contributed by atoms with Gasteiger partial charge in [-0.2, -0.15) is 0 Å². The predicted octanol–water partition coefficient (Wildman–Crippen LogP) is 2.78. The first kappa shape index (κ1) is 17.1. The van der Waals surface area contributed by atoms with Crippen molar-refractivity contribution in [1.29, 1.82) is 0 Å². The van der Waals surface area contributed by atoms with Crippen LogP contribution in [0.1, 0.15) is 50.2 Å². The summed E-state index contributed by atoms with van der Waals surface area (Å²) in [6, 6.07) is 0.448. The number of benzene rings is 1. The standard InChI is InChI=1S/C17H18F2N2O2.ClH/c1-17(2)12-13(19)9(8-3-4-8)7-10(18)14(12)21(16(17)23)11-5-6-20-15(11)22;/h7-8,11H,3-6H2,1-2H3,(H,20,22);1H. The van der Waals surface area contributed by atoms with Crippen LogP contribution in [-0.2, 0) is 15.0 Å². The van der Waals surface area contributed by atoms with Gasteiger partial charge < -0.3 is 5.32 Å². The highest BCUT2D eigenvalue weighted by molar-refractivity contribution is 6.12. The van der Waals surface area contributed by atoms with E-state index in [1.165, 1.54) is 11.0 Å². The topological polar surface area (TPSA) is 49.4 Å². The molecule has 3 aliphatic rings. The lowest BCUT2D eigenvalue weighted by Gasteiger charge is -2.24. The number of halogens is 3. The normalized spacial score (nSPS) is 24.7. The summed E-state index contributed by atoms with van der Waals surface area (Å²) < 4.78 is 29.8. The second kappa shape index (κ2) is 5.41. The highest BCUT2D eigenvalue weighted by Crippen LogP contribution is 2.51. The molecule has 1 aromatic rings. The summed E-state index contributed by atoms with van der Waals surface area (Å²) in [6.45, 7) is 3.63. The molecule has 1 unspecified atom stereocenters. The molecule has 7 heteroatoms. The Bertz CT molecular complexity index is 747. The highest BCUT2D eigenvalue weighted by Gasteiger charge is 2.52. The molecule has 4 nitrogen and oxygen atoms in total. The molecule has 1 saturated carbocycles. The fourth-order valence-electron chi connectivity index (χ4n) is 3.77. The fourth-order valence-corrected chi connectivity index (χ4v) is 3.77. The highest BCUT2D eigenvalue weighted by atomic mass is 35.5. The van der Waals surface area contributed by atoms with E-state index >= 15 is 4.39 Å². The molecule has 0 radical (unpaired) electrons. The fraction of sp³-hybridized carbons (Fsp3) is 0.529. The first-order valence-electron chi connectivity index (χ1n) is 7.97. The van der Waals surface area contributed by atoms with Gasteiger partial charge in [0.1, 0.15) is 17.7 Å². The number of fused-ring (bicyclic) bond motifs is 1. The summed E-state index contributed by atoms with van der Waals surface area (Å²) in [6.07, 6.45) is 2.10. The van der Waals surface area contributed by atoms with Gasteiger partial charge in [-0.15, -0.1) is 12.4 Å². The van der Waals surface area contributed by atoms with E-state index in [0.29, 0.717) is 18.5 Å². The van der Waals surface area contributed by atoms with Crippen LogP contribution in [0.15, 0.2) is 6.07 Å². The number of hydrogen-bond donors (Lipinski definition) is 1. The van der Waals surface area contributed by atoms with Gasteiger partial charge in [0, 0.05) is 12.1 Å². The molecule has 1 atom stereocenters. The molecular weight excluding hydrogens is 338 g/mol. The number of hydrogen-bond acceptors (Lipinski definition) is 2. The van der Waals surface area contributed by atoms with Crippen LogP contribution in [0.4, 0.5) is 14.5 Å². The zero-order valence-corrected chi connectivity index (χ0v) is 14.3. The minimum Gasteiger partial charge on any atom is -0.354 e. The number of anilines is 1. The Hall–Kier alpha value is -1.69. The number of nitrogens with zero attached hydrogens (tertiary/aromatic N) is 1. The molecule has 0 bridgehead atoms. The van der Waals surface area contributed by atoms with Gasteiger partial charge in [-0.25, -0.2) is 8.78 Å². The van der Waals surface area contributed by atoms with E-state index in [-0.39, 0.29) is 35.5 Å². The number of amides is 2. The predicted molar refractivity (Wildman–Crippen MR) is 87.5 cm³/mol. The summed E-state index contributed by atoms with van der Waals surface area (Å²) in [5.41, 5.74) is -0.763. The third-order valence-corrected chi connectivity index (χ3v) is 5.19. The number of carbonyl (C=O) groups is 2. The monoisotopic (exact) mass is 356 g/mol. The largest absolute Gasteiger partial charge is 0.354 e. The summed E-state index contributed by atoms with van der Waals surface area (Å²) in [5.74, 6) is -1.78. The van der Waals surface area contributed by atoms with Crippen LogP contribution in [0.3, 0.4) is 0 Å². The zero-order valence-electron chi connectivity index (χ0n) is 13.5. The lowest BCUT2D eigenvalue weighted by Crippen LogP contribution is -2.46. The van der Waals surface area contributed by atoms with Gasteiger partial charge in [0.2, 0.25) is 11.8 Å². The van der Waals surface area contributed by atoms with Crippen molar-refractivity contribution in [2.45, 2.75) is 50.5 Å². The van der Waals surface area contributed by atoms with Gasteiger partial charge in [0.05, 0.1) is 11.1 Å². The molecule has 1 saturated heterocycles. The molecule has 1 aliphatic carbocycles. The lowest BCUT2D eigenvalue weighted by molar-refractivity contribution is -0.126. The van der Waals surface area contributed by atoms with E-state index in [4.69, 9.17) is 0 Å². The molecule has 0 spiro atoms. The Balaban J connectivity index is 0.00000169. The van der Waals surface area contributed by atoms with Gasteiger partial charge in [0.25, 0.3) is 0 Å². The first-order valence-corrected chi connectivity index (χ1v) is 7.97. The van der Waals surface area contributed by atoms with Gasteiger partial charge in [-0.05, 0) is 50.7 Å². The van der Waals surface area contributed by atoms with Crippen LogP contribution >= 0.6 is 12.4 Å². The van der Waals surface area contributed by atoms with Crippen LogP contribution < -0.4 is 10.2 Å². The molecule has 1 N–H and O–H groups in total. The average Bonchev–Trinajstić information content (AvgIpc) is 3.20. The van der Waals surface area contributed by atoms with Crippen LogP contribution in [-0.4, -0.2) is 24.4 Å². The molecule has 2 aliphatic heterocycles. The Morgan fingerprint density at radius 1 is 1.21 bits per heavy atom. The second-order valence-corrected chi connectivity index (χ2v) is 7.16. The van der Waals surface area contributed by atoms with E-state index < -0.39 is 29.0 Å². The van der Waals surface area contributed by atoms with Gasteiger partial charge in [0.15, 0.2) is 0 Å². The van der Waals surface area contributed by atoms with Gasteiger partial charge in [-0.1, -0.05) is 0 Å². The summed E-state index contributed by atoms with van der Waals surface area (Å²) in [7, 11) is 0. The van der Waals surface area contributed by atoms with Crippen molar-refractivity contribution in [3.8, 4) is 0 Å². The van der Waals surface area contributed by atoms with Crippen LogP contribution in [0.25, 0.3) is 0 Å². The van der Waals surface area contributed by atoms with E-state index in [1.54, 1.807) is 13.8 Å². The average molecular weight is 357 g/mol. The van der Waals surface area contributed by atoms with Crippen molar-refractivity contribution < 1.29 is 18.4 Å². The minimum atomic E-state index is -1.17. The Morgan fingerprint density at radius 3 is 2.42 bits per heavy atom. The van der Waals surface area contributed by atoms with Crippen LogP contribution in [0.2, 0.25) is 0 Å². The smallest absolute Gasteiger partial charge is 0.243 e. The van der Waals surface area contributed by atoms with Gasteiger partial charge in [-0.3, -0.25) is 14.5 Å². The molecule has 1 aromatic carbocycles. The molecule has 4 rings (SSSR count). The molecule has 2 heterocycles. The Kier molecular flexibility index (Phi) is 3.86. The number of nitrogens with one attached hydrogen (secondary N) is 1. The van der Waals surface area contributed by atoms with Gasteiger partial charge >= 0.3 is 0 Å². The summed E-state index contributed by atoms with van der Waals surface area (Å²) >= 11 is 0. The van der Waals surface area contributed by atoms with E-state index in [9.17, 15) is 14.0 Å². The van der Waals surface area contributed by atoms with Crippen molar-refractivity contribution in [2.24, 2.45) is 0 Å². The SMILES string of the molecule is CC1(C)C(=O)N(C2CCNC2=O)c2c(F)cc(C3CC3)c(F)c21.Cl. The first-order chi connectivity index (χ1) is 10.8. The Morgan fingerprint density at radius 2 is 1.88 bits per heavy atom. The maximum absolute atomic E-state index is 15.0. The molecule has 0 aromatic heterocycles. The third-order valence-electron chi connectivity index (χ3n) is 5.19. The van der Waals surface area contributed by atoms with E-state index in [1.807, 2.05) is 0 Å². The third kappa shape index (κ3) is 2.15. The van der Waals surface area contributed by atoms with Crippen molar-refractivity contribution in [2.75, 3.05) is 11.4 Å². The quantitative estimate of drug-likeness (QED) is 0.885. The van der Waals surface area contributed by atoms with E-state index in [0.717, 1.165) is 12.8 Å². The number of carbonyl (C=O) groups excluding carboxylic acids is 2. The molecule has 2 fully saturated rings. The van der Waals surface area contributed by atoms with Crippen LogP contribution in [0.5, 0.6) is 0 Å². The summed E-state index contributed by atoms with van der Waals surface area (Å²) in [4.78, 5) is 26.0. The molecule has 24 heavy (non-hydrogen) atoms. The second-order valence-electron chi connectivity index (χ2n) is 7.16. The van der Waals surface area contributed by atoms with E-state index in [2.05, 4.69) is 5.32 Å². The van der Waals surface area contributed by atoms with Crippen molar-refractivity contribution in [3.63, 3.8) is 0 Å². The maximum Gasteiger partial charge on any atom is 0.243 e. The maximum atomic E-state index is 15.0. The molecule has 2 amide bonds. The molecular formula is C17H19ClF2N2O2. The zero-order chi connectivity index (χ0) is 16.5. The van der Waals surface area contributed by atoms with Crippen LogP contribution in [0, 0.1) is 11.6 Å². The molecule has 130 valence electrons.